The van der Waals surface area contributed by atoms with Gasteiger partial charge >= 0.3 is 0 Å². The molecule has 2 aromatic carbocycles. The van der Waals surface area contributed by atoms with Gasteiger partial charge in [0.05, 0.1) is 5.69 Å². The zero-order valence-corrected chi connectivity index (χ0v) is 13.4. The largest absolute Gasteiger partial charge is 0.320 e. The molecule has 114 valence electrons. The first-order valence-electron chi connectivity index (χ1n) is 7.87. The van der Waals surface area contributed by atoms with Crippen LogP contribution in [0.2, 0.25) is 0 Å². The van der Waals surface area contributed by atoms with Crippen molar-refractivity contribution in [3.05, 3.63) is 78.0 Å². The van der Waals surface area contributed by atoms with E-state index in [1.807, 2.05) is 13.0 Å². The number of fused-ring (bicyclic) bond motifs is 1. The van der Waals surface area contributed by atoms with Crippen molar-refractivity contribution < 1.29 is 0 Å². The molecule has 23 heavy (non-hydrogen) atoms. The Labute approximate surface area is 136 Å². The molecule has 3 aromatic rings. The standard InChI is InChI=1S/C20H19N3/c1-15-8-6-7-11-18(15)23-14-22(17-9-4-3-5-10-17)19-13-12-16(2)21-20(19)23/h3-13H,14H2,1-2H3. The van der Waals surface area contributed by atoms with E-state index in [-0.39, 0.29) is 0 Å². The lowest BCUT2D eigenvalue weighted by molar-refractivity contribution is 0.973. The number of anilines is 4. The summed E-state index contributed by atoms with van der Waals surface area (Å²) in [5.41, 5.74) is 5.86. The number of aryl methyl sites for hydroxylation is 2. The molecule has 0 radical (unpaired) electrons. The maximum absolute atomic E-state index is 4.81. The van der Waals surface area contributed by atoms with Gasteiger partial charge in [-0.15, -0.1) is 0 Å². The lowest BCUT2D eigenvalue weighted by Crippen LogP contribution is -2.24. The molecule has 1 aliphatic rings. The van der Waals surface area contributed by atoms with Gasteiger partial charge in [0.15, 0.2) is 5.82 Å². The summed E-state index contributed by atoms with van der Waals surface area (Å²) in [5, 5.41) is 0. The lowest BCUT2D eigenvalue weighted by atomic mass is 10.2. The van der Waals surface area contributed by atoms with Gasteiger partial charge in [0.1, 0.15) is 6.67 Å². The van der Waals surface area contributed by atoms with Crippen molar-refractivity contribution in [2.45, 2.75) is 13.8 Å². The van der Waals surface area contributed by atoms with Gasteiger partial charge in [0.2, 0.25) is 0 Å². The molecule has 0 atom stereocenters. The van der Waals surface area contributed by atoms with Crippen molar-refractivity contribution >= 4 is 22.9 Å². The van der Waals surface area contributed by atoms with Crippen LogP contribution in [0, 0.1) is 13.8 Å². The number of pyridine rings is 1. The molecule has 3 nitrogen and oxygen atoms in total. The van der Waals surface area contributed by atoms with E-state index >= 15 is 0 Å². The summed E-state index contributed by atoms with van der Waals surface area (Å²) < 4.78 is 0. The Bertz CT molecular complexity index is 843. The third-order valence-electron chi connectivity index (χ3n) is 4.30. The fraction of sp³-hybridized carbons (Fsp3) is 0.150. The summed E-state index contributed by atoms with van der Waals surface area (Å²) in [6, 6.07) is 23.2. The van der Waals surface area contributed by atoms with Crippen LogP contribution < -0.4 is 9.80 Å². The van der Waals surface area contributed by atoms with Crippen molar-refractivity contribution in [2.75, 3.05) is 16.5 Å². The first-order chi connectivity index (χ1) is 11.2. The number of aromatic nitrogens is 1. The van der Waals surface area contributed by atoms with Crippen LogP contribution in [-0.4, -0.2) is 11.7 Å². The van der Waals surface area contributed by atoms with E-state index in [9.17, 15) is 0 Å². The van der Waals surface area contributed by atoms with E-state index in [1.165, 1.54) is 16.9 Å². The minimum Gasteiger partial charge on any atom is -0.320 e. The molecule has 0 bridgehead atoms. The SMILES string of the molecule is Cc1ccc2c(n1)N(c1ccccc1C)CN2c1ccccc1. The summed E-state index contributed by atoms with van der Waals surface area (Å²) in [6.07, 6.45) is 0. The van der Waals surface area contributed by atoms with Gasteiger partial charge < -0.3 is 9.80 Å². The molecule has 0 N–H and O–H groups in total. The number of hydrogen-bond donors (Lipinski definition) is 0. The van der Waals surface area contributed by atoms with Crippen molar-refractivity contribution in [3.8, 4) is 0 Å². The van der Waals surface area contributed by atoms with Crippen LogP contribution in [0.1, 0.15) is 11.3 Å². The maximum Gasteiger partial charge on any atom is 0.158 e. The van der Waals surface area contributed by atoms with Crippen molar-refractivity contribution in [2.24, 2.45) is 0 Å². The zero-order valence-electron chi connectivity index (χ0n) is 13.4. The highest BCUT2D eigenvalue weighted by Crippen LogP contribution is 2.43. The third-order valence-corrected chi connectivity index (χ3v) is 4.30. The Morgan fingerprint density at radius 1 is 0.739 bits per heavy atom. The molecule has 0 aliphatic carbocycles. The molecule has 0 saturated heterocycles. The highest BCUT2D eigenvalue weighted by molar-refractivity contribution is 5.85. The minimum absolute atomic E-state index is 0.778. The molecule has 1 aliphatic heterocycles. The van der Waals surface area contributed by atoms with E-state index < -0.39 is 0 Å². The first kappa shape index (κ1) is 13.8. The summed E-state index contributed by atoms with van der Waals surface area (Å²) in [4.78, 5) is 9.42. The van der Waals surface area contributed by atoms with Crippen LogP contribution in [0.3, 0.4) is 0 Å². The minimum atomic E-state index is 0.778. The van der Waals surface area contributed by atoms with Gasteiger partial charge in [-0.2, -0.15) is 0 Å². The second kappa shape index (κ2) is 5.43. The topological polar surface area (TPSA) is 19.4 Å². The Morgan fingerprint density at radius 3 is 2.26 bits per heavy atom. The Balaban J connectivity index is 1.85. The smallest absolute Gasteiger partial charge is 0.158 e. The van der Waals surface area contributed by atoms with Gasteiger partial charge in [0.25, 0.3) is 0 Å². The Morgan fingerprint density at radius 2 is 1.48 bits per heavy atom. The summed E-state index contributed by atoms with van der Waals surface area (Å²) in [5.74, 6) is 1.03. The molecular weight excluding hydrogens is 282 g/mol. The number of hydrogen-bond acceptors (Lipinski definition) is 3. The molecule has 0 saturated carbocycles. The highest BCUT2D eigenvalue weighted by Gasteiger charge is 2.29. The van der Waals surface area contributed by atoms with E-state index in [2.05, 4.69) is 77.4 Å². The van der Waals surface area contributed by atoms with Gasteiger partial charge in [-0.3, -0.25) is 0 Å². The van der Waals surface area contributed by atoms with Gasteiger partial charge in [-0.25, -0.2) is 4.98 Å². The third kappa shape index (κ3) is 2.34. The first-order valence-corrected chi connectivity index (χ1v) is 7.87. The predicted octanol–water partition coefficient (Wildman–Crippen LogP) is 4.95. The highest BCUT2D eigenvalue weighted by atomic mass is 15.4. The van der Waals surface area contributed by atoms with Crippen LogP contribution in [0.15, 0.2) is 66.7 Å². The molecule has 0 amide bonds. The van der Waals surface area contributed by atoms with E-state index in [0.29, 0.717) is 0 Å². The fourth-order valence-electron chi connectivity index (χ4n) is 3.11. The molecular formula is C20H19N3. The van der Waals surface area contributed by atoms with E-state index in [0.717, 1.165) is 23.9 Å². The van der Waals surface area contributed by atoms with E-state index in [4.69, 9.17) is 4.98 Å². The van der Waals surface area contributed by atoms with E-state index in [1.54, 1.807) is 0 Å². The van der Waals surface area contributed by atoms with Crippen LogP contribution >= 0.6 is 0 Å². The summed E-state index contributed by atoms with van der Waals surface area (Å²) in [7, 11) is 0. The molecule has 1 aromatic heterocycles. The van der Waals surface area contributed by atoms with Crippen molar-refractivity contribution in [3.63, 3.8) is 0 Å². The quantitative estimate of drug-likeness (QED) is 0.668. The Hall–Kier alpha value is -2.81. The molecule has 0 spiro atoms. The average molecular weight is 301 g/mol. The predicted molar refractivity (Wildman–Crippen MR) is 95.7 cm³/mol. The van der Waals surface area contributed by atoms with Crippen LogP contribution in [-0.2, 0) is 0 Å². The van der Waals surface area contributed by atoms with Crippen LogP contribution in [0.5, 0.6) is 0 Å². The van der Waals surface area contributed by atoms with Crippen molar-refractivity contribution in [1.82, 2.24) is 4.98 Å². The second-order valence-electron chi connectivity index (χ2n) is 5.91. The molecule has 0 unspecified atom stereocenters. The number of para-hydroxylation sites is 2. The van der Waals surface area contributed by atoms with Crippen molar-refractivity contribution in [1.29, 1.82) is 0 Å². The van der Waals surface area contributed by atoms with Crippen LogP contribution in [0.25, 0.3) is 0 Å². The van der Waals surface area contributed by atoms with Gasteiger partial charge in [0, 0.05) is 17.1 Å². The average Bonchev–Trinajstić information content (AvgIpc) is 2.94. The lowest BCUT2D eigenvalue weighted by Gasteiger charge is -2.22. The monoisotopic (exact) mass is 301 g/mol. The maximum atomic E-state index is 4.81. The number of benzene rings is 2. The zero-order chi connectivity index (χ0) is 15.8. The molecule has 3 heteroatoms. The van der Waals surface area contributed by atoms with Gasteiger partial charge in [-0.05, 0) is 49.7 Å². The summed E-state index contributed by atoms with van der Waals surface area (Å²) >= 11 is 0. The number of nitrogens with zero attached hydrogens (tertiary/aromatic N) is 3. The molecule has 0 fully saturated rings. The second-order valence-corrected chi connectivity index (χ2v) is 5.91. The molecule has 2 heterocycles. The summed E-state index contributed by atoms with van der Waals surface area (Å²) in [6.45, 7) is 4.97. The van der Waals surface area contributed by atoms with Gasteiger partial charge in [-0.1, -0.05) is 36.4 Å². The normalized spacial score (nSPS) is 13.3. The Kier molecular flexibility index (Phi) is 3.27. The van der Waals surface area contributed by atoms with Crippen LogP contribution in [0.4, 0.5) is 22.9 Å². The molecule has 4 rings (SSSR count). The fourth-order valence-corrected chi connectivity index (χ4v) is 3.11. The number of rotatable bonds is 2.